The van der Waals surface area contributed by atoms with E-state index in [9.17, 15) is 13.6 Å². The lowest BCUT2D eigenvalue weighted by Gasteiger charge is -2.32. The van der Waals surface area contributed by atoms with E-state index in [0.29, 0.717) is 19.0 Å². The van der Waals surface area contributed by atoms with Gasteiger partial charge >= 0.3 is 0 Å². The van der Waals surface area contributed by atoms with Crippen LogP contribution in [0, 0.1) is 17.6 Å². The van der Waals surface area contributed by atoms with Crippen LogP contribution in [0.4, 0.5) is 8.78 Å². The first kappa shape index (κ1) is 16.2. The molecule has 0 bridgehead atoms. The third kappa shape index (κ3) is 3.92. The van der Waals surface area contributed by atoms with Gasteiger partial charge in [-0.1, -0.05) is 11.6 Å². The predicted molar refractivity (Wildman–Crippen MR) is 78.5 cm³/mol. The molecule has 0 radical (unpaired) electrons. The second kappa shape index (κ2) is 7.18. The highest BCUT2D eigenvalue weighted by atomic mass is 35.5. The molecule has 1 saturated heterocycles. The summed E-state index contributed by atoms with van der Waals surface area (Å²) in [4.78, 5) is 13.9. The number of nitrogens with zero attached hydrogens (tertiary/aromatic N) is 1. The molecule has 21 heavy (non-hydrogen) atoms. The highest BCUT2D eigenvalue weighted by Crippen LogP contribution is 2.24. The Balaban J connectivity index is 2.00. The molecule has 1 fully saturated rings. The minimum Gasteiger partial charge on any atom is -0.339 e. The number of hydrogen-bond donors (Lipinski definition) is 1. The number of piperidine rings is 1. The van der Waals surface area contributed by atoms with Crippen LogP contribution in [0.3, 0.4) is 0 Å². The number of benzene rings is 1. The van der Waals surface area contributed by atoms with Crippen LogP contribution < -0.4 is 5.32 Å². The van der Waals surface area contributed by atoms with E-state index >= 15 is 0 Å². The Labute approximate surface area is 128 Å². The molecule has 2 rings (SSSR count). The first-order valence-electron chi connectivity index (χ1n) is 7.11. The minimum absolute atomic E-state index is 0.245. The Morgan fingerprint density at radius 1 is 1.33 bits per heavy atom. The molecule has 1 N–H and O–H groups in total. The SMILES string of the molecule is CNCCC1CCN(C(=O)c2cc(F)c(Cl)cc2F)CC1. The largest absolute Gasteiger partial charge is 0.339 e. The maximum Gasteiger partial charge on any atom is 0.256 e. The van der Waals surface area contributed by atoms with E-state index < -0.39 is 17.5 Å². The number of hydrogen-bond acceptors (Lipinski definition) is 2. The Bertz CT molecular complexity index is 517. The Morgan fingerprint density at radius 2 is 2.00 bits per heavy atom. The van der Waals surface area contributed by atoms with Crippen LogP contribution in [-0.4, -0.2) is 37.5 Å². The smallest absolute Gasteiger partial charge is 0.256 e. The van der Waals surface area contributed by atoms with E-state index in [1.807, 2.05) is 7.05 Å². The van der Waals surface area contributed by atoms with Crippen molar-refractivity contribution in [2.75, 3.05) is 26.7 Å². The van der Waals surface area contributed by atoms with E-state index in [1.54, 1.807) is 4.90 Å². The maximum atomic E-state index is 13.8. The molecule has 0 spiro atoms. The highest BCUT2D eigenvalue weighted by molar-refractivity contribution is 6.30. The monoisotopic (exact) mass is 316 g/mol. The molecule has 0 aliphatic carbocycles. The van der Waals surface area contributed by atoms with Gasteiger partial charge in [0, 0.05) is 13.1 Å². The van der Waals surface area contributed by atoms with Gasteiger partial charge in [0.1, 0.15) is 11.6 Å². The molecule has 6 heteroatoms. The van der Waals surface area contributed by atoms with Gasteiger partial charge in [-0.3, -0.25) is 4.79 Å². The maximum absolute atomic E-state index is 13.8. The van der Waals surface area contributed by atoms with Crippen LogP contribution >= 0.6 is 11.6 Å². The van der Waals surface area contributed by atoms with E-state index in [1.165, 1.54) is 0 Å². The van der Waals surface area contributed by atoms with Crippen molar-refractivity contribution in [3.8, 4) is 0 Å². The van der Waals surface area contributed by atoms with Gasteiger partial charge < -0.3 is 10.2 Å². The summed E-state index contributed by atoms with van der Waals surface area (Å²) in [6.07, 6.45) is 2.86. The minimum atomic E-state index is -0.774. The van der Waals surface area contributed by atoms with Gasteiger partial charge in [-0.15, -0.1) is 0 Å². The number of carbonyl (C=O) groups is 1. The van der Waals surface area contributed by atoms with Crippen molar-refractivity contribution < 1.29 is 13.6 Å². The topological polar surface area (TPSA) is 32.3 Å². The van der Waals surface area contributed by atoms with E-state index in [2.05, 4.69) is 5.32 Å². The molecule has 1 aliphatic rings. The number of amides is 1. The van der Waals surface area contributed by atoms with Crippen LogP contribution in [0.15, 0.2) is 12.1 Å². The molecule has 1 aliphatic heterocycles. The number of likely N-dealkylation sites (tertiary alicyclic amines) is 1. The fraction of sp³-hybridized carbons (Fsp3) is 0.533. The first-order chi connectivity index (χ1) is 10.0. The van der Waals surface area contributed by atoms with Crippen LogP contribution in [0.1, 0.15) is 29.6 Å². The summed E-state index contributed by atoms with van der Waals surface area (Å²) < 4.78 is 27.2. The third-order valence-electron chi connectivity index (χ3n) is 3.94. The molecule has 1 amide bonds. The Kier molecular flexibility index (Phi) is 5.53. The van der Waals surface area contributed by atoms with Gasteiger partial charge in [0.05, 0.1) is 10.6 Å². The number of halogens is 3. The summed E-state index contributed by atoms with van der Waals surface area (Å²) in [6, 6.07) is 1.73. The van der Waals surface area contributed by atoms with Crippen molar-refractivity contribution >= 4 is 17.5 Å². The molecular weight excluding hydrogens is 298 g/mol. The van der Waals surface area contributed by atoms with E-state index in [0.717, 1.165) is 37.9 Å². The lowest BCUT2D eigenvalue weighted by molar-refractivity contribution is 0.0682. The van der Waals surface area contributed by atoms with Crippen LogP contribution in [0.2, 0.25) is 5.02 Å². The van der Waals surface area contributed by atoms with Gasteiger partial charge in [0.15, 0.2) is 0 Å². The van der Waals surface area contributed by atoms with Gasteiger partial charge in [0.2, 0.25) is 0 Å². The van der Waals surface area contributed by atoms with Crippen LogP contribution in [-0.2, 0) is 0 Å². The Hall–Kier alpha value is -1.20. The second-order valence-corrected chi connectivity index (χ2v) is 5.78. The predicted octanol–water partition coefficient (Wildman–Crippen LogP) is 3.08. The summed E-state index contributed by atoms with van der Waals surface area (Å²) in [7, 11) is 1.91. The standard InChI is InChI=1S/C15H19ClF2N2O/c1-19-5-2-10-3-6-20(7-4-10)15(21)11-8-14(18)12(16)9-13(11)17/h8-10,19H,2-7H2,1H3. The number of nitrogens with one attached hydrogen (secondary N) is 1. The molecule has 116 valence electrons. The van der Waals surface area contributed by atoms with E-state index in [4.69, 9.17) is 11.6 Å². The molecule has 3 nitrogen and oxygen atoms in total. The fourth-order valence-corrected chi connectivity index (χ4v) is 2.78. The summed E-state index contributed by atoms with van der Waals surface area (Å²) in [5.74, 6) is -1.43. The second-order valence-electron chi connectivity index (χ2n) is 5.37. The molecule has 0 unspecified atom stereocenters. The molecule has 1 aromatic rings. The lowest BCUT2D eigenvalue weighted by Crippen LogP contribution is -2.39. The molecule has 0 atom stereocenters. The van der Waals surface area contributed by atoms with Crippen LogP contribution in [0.25, 0.3) is 0 Å². The van der Waals surface area contributed by atoms with Crippen molar-refractivity contribution in [2.45, 2.75) is 19.3 Å². The van der Waals surface area contributed by atoms with Crippen LogP contribution in [0.5, 0.6) is 0 Å². The fourth-order valence-electron chi connectivity index (χ4n) is 2.63. The van der Waals surface area contributed by atoms with Gasteiger partial charge in [-0.25, -0.2) is 8.78 Å². The lowest BCUT2D eigenvalue weighted by atomic mass is 9.93. The molecule has 1 aromatic carbocycles. The zero-order valence-electron chi connectivity index (χ0n) is 12.0. The highest BCUT2D eigenvalue weighted by Gasteiger charge is 2.25. The van der Waals surface area contributed by atoms with Gasteiger partial charge in [-0.05, 0) is 50.9 Å². The number of carbonyl (C=O) groups excluding carboxylic acids is 1. The summed E-state index contributed by atoms with van der Waals surface area (Å²) >= 11 is 5.50. The molecule has 1 heterocycles. The van der Waals surface area contributed by atoms with Gasteiger partial charge in [0.25, 0.3) is 5.91 Å². The van der Waals surface area contributed by atoms with Crippen molar-refractivity contribution in [1.29, 1.82) is 0 Å². The zero-order chi connectivity index (χ0) is 15.4. The summed E-state index contributed by atoms with van der Waals surface area (Å²) in [5.41, 5.74) is -0.245. The average molecular weight is 317 g/mol. The van der Waals surface area contributed by atoms with Crippen molar-refractivity contribution in [3.05, 3.63) is 34.4 Å². The van der Waals surface area contributed by atoms with Gasteiger partial charge in [-0.2, -0.15) is 0 Å². The normalized spacial score (nSPS) is 16.3. The average Bonchev–Trinajstić information content (AvgIpc) is 2.48. The molecule has 0 saturated carbocycles. The Morgan fingerprint density at radius 3 is 2.62 bits per heavy atom. The van der Waals surface area contributed by atoms with Crippen molar-refractivity contribution in [2.24, 2.45) is 5.92 Å². The quantitative estimate of drug-likeness (QED) is 0.866. The first-order valence-corrected chi connectivity index (χ1v) is 7.49. The summed E-state index contributed by atoms with van der Waals surface area (Å²) in [5, 5.41) is 2.80. The zero-order valence-corrected chi connectivity index (χ0v) is 12.7. The van der Waals surface area contributed by atoms with Crippen molar-refractivity contribution in [3.63, 3.8) is 0 Å². The third-order valence-corrected chi connectivity index (χ3v) is 4.23. The summed E-state index contributed by atoms with van der Waals surface area (Å²) in [6.45, 7) is 2.11. The molecule has 0 aromatic heterocycles. The molecular formula is C15H19ClF2N2O. The van der Waals surface area contributed by atoms with Crippen molar-refractivity contribution in [1.82, 2.24) is 10.2 Å². The number of rotatable bonds is 4. The van der Waals surface area contributed by atoms with E-state index in [-0.39, 0.29) is 10.6 Å².